The smallest absolute Gasteiger partial charge is 0.475 e. The van der Waals surface area contributed by atoms with E-state index >= 15 is 0 Å². The van der Waals surface area contributed by atoms with Crippen molar-refractivity contribution in [3.63, 3.8) is 0 Å². The third-order valence-corrected chi connectivity index (χ3v) is 5.55. The van der Waals surface area contributed by atoms with E-state index < -0.39 is 35.7 Å². The maximum absolute atomic E-state index is 12.9. The van der Waals surface area contributed by atoms with E-state index in [0.717, 1.165) is 0 Å². The highest BCUT2D eigenvalue weighted by atomic mass is 19.4. The zero-order valence-electron chi connectivity index (χ0n) is 25.3. The van der Waals surface area contributed by atoms with E-state index in [1.54, 1.807) is 80.3 Å². The lowest BCUT2D eigenvalue weighted by Gasteiger charge is -2.19. The molecule has 0 bridgehead atoms. The Morgan fingerprint density at radius 3 is 1.44 bits per heavy atom. The number of rotatable bonds is 8. The molecular weight excluding hydrogens is 605 g/mol. The van der Waals surface area contributed by atoms with Gasteiger partial charge in [0, 0.05) is 52.8 Å². The SMILES string of the molecule is Cn1cc(NC(=O)c2cc(NC(=O)c3cc(NC(=O)OC(C)(C)C)cn3C)cn2C)cc1C(=O)NCCN.O=C(O)C(F)(F)F. The van der Waals surface area contributed by atoms with Crippen LogP contribution in [0.4, 0.5) is 35.0 Å². The number of nitrogens with one attached hydrogen (secondary N) is 4. The van der Waals surface area contributed by atoms with Crippen molar-refractivity contribution in [1.29, 1.82) is 0 Å². The van der Waals surface area contributed by atoms with Gasteiger partial charge >= 0.3 is 18.2 Å². The van der Waals surface area contributed by atoms with Gasteiger partial charge in [0.25, 0.3) is 17.7 Å². The van der Waals surface area contributed by atoms with Gasteiger partial charge in [-0.25, -0.2) is 9.59 Å². The van der Waals surface area contributed by atoms with E-state index in [4.69, 9.17) is 20.4 Å². The lowest BCUT2D eigenvalue weighted by Crippen LogP contribution is -2.30. The molecule has 3 heterocycles. The van der Waals surface area contributed by atoms with Gasteiger partial charge in [-0.3, -0.25) is 19.7 Å². The molecule has 0 unspecified atom stereocenters. The van der Waals surface area contributed by atoms with Crippen molar-refractivity contribution >= 4 is 46.8 Å². The number of halogens is 3. The highest BCUT2D eigenvalue weighted by Gasteiger charge is 2.38. The van der Waals surface area contributed by atoms with Crippen LogP contribution >= 0.6 is 0 Å². The zero-order valence-corrected chi connectivity index (χ0v) is 25.3. The Kier molecular flexibility index (Phi) is 11.6. The Balaban J connectivity index is 0.000000900. The second kappa shape index (κ2) is 14.5. The number of nitrogens with zero attached hydrogens (tertiary/aromatic N) is 3. The van der Waals surface area contributed by atoms with Crippen molar-refractivity contribution in [2.24, 2.45) is 26.9 Å². The number of hydrogen-bond donors (Lipinski definition) is 6. The van der Waals surface area contributed by atoms with Gasteiger partial charge in [-0.1, -0.05) is 0 Å². The Bertz CT molecular complexity index is 1560. The minimum absolute atomic E-state index is 0.288. The summed E-state index contributed by atoms with van der Waals surface area (Å²) in [6.07, 6.45) is -0.894. The molecule has 246 valence electrons. The topological polar surface area (TPSA) is 204 Å². The monoisotopic (exact) mass is 640 g/mol. The summed E-state index contributed by atoms with van der Waals surface area (Å²) in [5.41, 5.74) is 6.96. The Hall–Kier alpha value is -5.26. The van der Waals surface area contributed by atoms with Gasteiger partial charge in [0.05, 0.1) is 17.1 Å². The summed E-state index contributed by atoms with van der Waals surface area (Å²) in [6, 6.07) is 4.62. The molecule has 3 aromatic heterocycles. The van der Waals surface area contributed by atoms with Crippen molar-refractivity contribution in [2.75, 3.05) is 29.0 Å². The second-order valence-corrected chi connectivity index (χ2v) is 10.6. The van der Waals surface area contributed by atoms with Crippen LogP contribution < -0.4 is 27.0 Å². The van der Waals surface area contributed by atoms with Gasteiger partial charge in [0.15, 0.2) is 0 Å². The minimum atomic E-state index is -5.08. The molecule has 18 heteroatoms. The van der Waals surface area contributed by atoms with Crippen molar-refractivity contribution in [2.45, 2.75) is 32.5 Å². The molecule has 0 radical (unpaired) electrons. The number of carbonyl (C=O) groups is 5. The molecule has 3 rings (SSSR count). The summed E-state index contributed by atoms with van der Waals surface area (Å²) in [5, 5.41) is 17.9. The Morgan fingerprint density at radius 1 is 0.756 bits per heavy atom. The lowest BCUT2D eigenvalue weighted by molar-refractivity contribution is -0.192. The number of aliphatic carboxylic acids is 1. The first-order valence-electron chi connectivity index (χ1n) is 13.1. The molecule has 0 aliphatic rings. The van der Waals surface area contributed by atoms with Crippen LogP contribution in [0.3, 0.4) is 0 Å². The molecule has 4 amide bonds. The first-order valence-corrected chi connectivity index (χ1v) is 13.1. The number of carbonyl (C=O) groups excluding carboxylic acids is 4. The molecule has 0 saturated carbocycles. The number of carboxylic acids is 1. The van der Waals surface area contributed by atoms with Gasteiger partial charge < -0.3 is 45.2 Å². The summed E-state index contributed by atoms with van der Waals surface area (Å²) in [4.78, 5) is 58.9. The maximum Gasteiger partial charge on any atom is 0.490 e. The summed E-state index contributed by atoms with van der Waals surface area (Å²) >= 11 is 0. The molecule has 0 spiro atoms. The van der Waals surface area contributed by atoms with Crippen molar-refractivity contribution < 1.29 is 47.0 Å². The maximum atomic E-state index is 12.9. The highest BCUT2D eigenvalue weighted by molar-refractivity contribution is 6.07. The van der Waals surface area contributed by atoms with Crippen LogP contribution in [0, 0.1) is 0 Å². The number of amides is 4. The summed E-state index contributed by atoms with van der Waals surface area (Å²) in [5.74, 6) is -3.91. The summed E-state index contributed by atoms with van der Waals surface area (Å²) in [6.45, 7) is 5.93. The number of hydrogen-bond acceptors (Lipinski definition) is 7. The average molecular weight is 641 g/mol. The van der Waals surface area contributed by atoms with Crippen LogP contribution in [0.15, 0.2) is 36.8 Å². The predicted molar refractivity (Wildman–Crippen MR) is 157 cm³/mol. The number of carboxylic acid groups (broad SMARTS) is 1. The highest BCUT2D eigenvalue weighted by Crippen LogP contribution is 2.20. The minimum Gasteiger partial charge on any atom is -0.475 e. The third kappa shape index (κ3) is 10.8. The van der Waals surface area contributed by atoms with E-state index in [1.807, 2.05) is 0 Å². The first-order chi connectivity index (χ1) is 20.7. The molecule has 0 atom stereocenters. The molecule has 45 heavy (non-hydrogen) atoms. The molecular formula is C27H35F3N8O7. The van der Waals surface area contributed by atoms with Crippen molar-refractivity contribution in [1.82, 2.24) is 19.0 Å². The van der Waals surface area contributed by atoms with Crippen LogP contribution in [0.5, 0.6) is 0 Å². The molecule has 3 aromatic rings. The second-order valence-electron chi connectivity index (χ2n) is 10.6. The van der Waals surface area contributed by atoms with Gasteiger partial charge in [0.1, 0.15) is 22.7 Å². The first kappa shape index (κ1) is 35.9. The fourth-order valence-corrected chi connectivity index (χ4v) is 3.66. The Morgan fingerprint density at radius 2 is 1.11 bits per heavy atom. The molecule has 0 saturated heterocycles. The number of aryl methyl sites for hydroxylation is 3. The number of nitrogens with two attached hydrogens (primary N) is 1. The van der Waals surface area contributed by atoms with E-state index in [-0.39, 0.29) is 17.3 Å². The normalized spacial score (nSPS) is 11.2. The summed E-state index contributed by atoms with van der Waals surface area (Å²) in [7, 11) is 5.04. The molecule has 0 aliphatic heterocycles. The molecule has 7 N–H and O–H groups in total. The fraction of sp³-hybridized carbons (Fsp3) is 0.370. The van der Waals surface area contributed by atoms with Crippen LogP contribution in [0.2, 0.25) is 0 Å². The standard InChI is InChI=1S/C25H34N8O5.C2HF3O2/c1-25(2,3)38-24(37)30-17-11-20(33(6)14-17)23(36)29-16-10-19(32(5)13-16)22(35)28-15-9-18(31(4)12-15)21(34)27-8-7-26;3-2(4,5)1(6)7/h9-14H,7-8,26H2,1-6H3,(H,27,34)(H,28,35)(H,29,36)(H,30,37);(H,6,7). The number of anilines is 3. The van der Waals surface area contributed by atoms with Crippen LogP contribution in [-0.2, 0) is 30.7 Å². The average Bonchev–Trinajstić information content (AvgIpc) is 3.56. The molecule has 0 aliphatic carbocycles. The third-order valence-electron chi connectivity index (χ3n) is 5.55. The lowest BCUT2D eigenvalue weighted by atomic mass is 10.2. The predicted octanol–water partition coefficient (Wildman–Crippen LogP) is 2.88. The van der Waals surface area contributed by atoms with Crippen LogP contribution in [-0.4, -0.2) is 73.5 Å². The van der Waals surface area contributed by atoms with Gasteiger partial charge in [0.2, 0.25) is 0 Å². The van der Waals surface area contributed by atoms with Gasteiger partial charge in [-0.05, 0) is 39.0 Å². The van der Waals surface area contributed by atoms with E-state index in [9.17, 15) is 32.3 Å². The molecule has 0 fully saturated rings. The number of aromatic nitrogens is 3. The number of ether oxygens (including phenoxy) is 1. The van der Waals surface area contributed by atoms with Gasteiger partial charge in [-0.2, -0.15) is 13.2 Å². The largest absolute Gasteiger partial charge is 0.490 e. The quantitative estimate of drug-likeness (QED) is 0.216. The van der Waals surface area contributed by atoms with Crippen molar-refractivity contribution in [3.05, 3.63) is 53.9 Å². The fourth-order valence-electron chi connectivity index (χ4n) is 3.66. The van der Waals surface area contributed by atoms with Crippen LogP contribution in [0.25, 0.3) is 0 Å². The van der Waals surface area contributed by atoms with Gasteiger partial charge in [-0.15, -0.1) is 0 Å². The van der Waals surface area contributed by atoms with E-state index in [1.165, 1.54) is 12.1 Å². The van der Waals surface area contributed by atoms with E-state index in [2.05, 4.69) is 21.3 Å². The Labute approximate surface area is 255 Å². The molecule has 0 aromatic carbocycles. The van der Waals surface area contributed by atoms with E-state index in [0.29, 0.717) is 35.8 Å². The summed E-state index contributed by atoms with van der Waals surface area (Å²) < 4.78 is 41.7. The molecule has 15 nitrogen and oxygen atoms in total. The van der Waals surface area contributed by atoms with Crippen molar-refractivity contribution in [3.8, 4) is 0 Å². The van der Waals surface area contributed by atoms with Crippen LogP contribution in [0.1, 0.15) is 52.2 Å². The number of alkyl halides is 3. The zero-order chi connectivity index (χ0) is 34.3.